The lowest BCUT2D eigenvalue weighted by molar-refractivity contribution is 0.947. The molecule has 3 rings (SSSR count). The third-order valence-corrected chi connectivity index (χ3v) is 4.06. The third kappa shape index (κ3) is 1.51. The number of hydrogen-bond donors (Lipinski definition) is 1. The molecule has 4 heteroatoms. The fourth-order valence-electron chi connectivity index (χ4n) is 2.25. The van der Waals surface area contributed by atoms with Crippen LogP contribution in [0.25, 0.3) is 11.3 Å². The maximum atomic E-state index is 9.08. The standard InChI is InChI=1S/C13H11N3S/c1-15-13-9(7-14)6-8-2-3-11-10(4-5-17-11)12(8)16-13/h4-6H,2-3H2,1H3,(H,15,16). The Balaban J connectivity index is 2.25. The first kappa shape index (κ1) is 10.3. The van der Waals surface area contributed by atoms with Crippen molar-refractivity contribution in [3.8, 4) is 17.3 Å². The average Bonchev–Trinajstić information content (AvgIpc) is 2.85. The summed E-state index contributed by atoms with van der Waals surface area (Å²) in [7, 11) is 1.80. The van der Waals surface area contributed by atoms with Gasteiger partial charge in [-0.3, -0.25) is 0 Å². The smallest absolute Gasteiger partial charge is 0.144 e. The van der Waals surface area contributed by atoms with Crippen LogP contribution in [0.4, 0.5) is 5.82 Å². The highest BCUT2D eigenvalue weighted by Gasteiger charge is 2.20. The van der Waals surface area contributed by atoms with E-state index in [1.807, 2.05) is 6.07 Å². The molecule has 0 spiro atoms. The predicted molar refractivity (Wildman–Crippen MR) is 69.2 cm³/mol. The lowest BCUT2D eigenvalue weighted by Crippen LogP contribution is -2.07. The van der Waals surface area contributed by atoms with Crippen molar-refractivity contribution >= 4 is 17.2 Å². The van der Waals surface area contributed by atoms with E-state index in [9.17, 15) is 0 Å². The largest absolute Gasteiger partial charge is 0.372 e. The fraction of sp³-hybridized carbons (Fsp3) is 0.231. The Kier molecular flexibility index (Phi) is 2.34. The molecule has 17 heavy (non-hydrogen) atoms. The van der Waals surface area contributed by atoms with Gasteiger partial charge in [0.1, 0.15) is 11.9 Å². The summed E-state index contributed by atoms with van der Waals surface area (Å²) in [6, 6.07) is 6.28. The van der Waals surface area contributed by atoms with Gasteiger partial charge in [0, 0.05) is 17.5 Å². The van der Waals surface area contributed by atoms with Crippen LogP contribution in [-0.2, 0) is 12.8 Å². The first-order valence-electron chi connectivity index (χ1n) is 5.52. The molecule has 0 atom stereocenters. The summed E-state index contributed by atoms with van der Waals surface area (Å²) in [5, 5.41) is 14.2. The van der Waals surface area contributed by atoms with Crippen molar-refractivity contribution in [3.05, 3.63) is 33.5 Å². The number of rotatable bonds is 1. The minimum Gasteiger partial charge on any atom is -0.372 e. The van der Waals surface area contributed by atoms with Crippen molar-refractivity contribution in [1.82, 2.24) is 4.98 Å². The van der Waals surface area contributed by atoms with Gasteiger partial charge in [-0.15, -0.1) is 11.3 Å². The molecular weight excluding hydrogens is 230 g/mol. The molecule has 0 radical (unpaired) electrons. The number of anilines is 1. The van der Waals surface area contributed by atoms with Gasteiger partial charge in [-0.2, -0.15) is 5.26 Å². The second-order valence-corrected chi connectivity index (χ2v) is 5.01. The van der Waals surface area contributed by atoms with Gasteiger partial charge >= 0.3 is 0 Å². The molecular formula is C13H11N3S. The van der Waals surface area contributed by atoms with E-state index in [0.29, 0.717) is 11.4 Å². The van der Waals surface area contributed by atoms with Crippen LogP contribution in [0.3, 0.4) is 0 Å². The van der Waals surface area contributed by atoms with E-state index in [1.54, 1.807) is 18.4 Å². The average molecular weight is 241 g/mol. The zero-order chi connectivity index (χ0) is 11.8. The zero-order valence-electron chi connectivity index (χ0n) is 9.45. The molecule has 0 aromatic carbocycles. The van der Waals surface area contributed by atoms with Crippen molar-refractivity contribution in [2.24, 2.45) is 0 Å². The number of fused-ring (bicyclic) bond motifs is 3. The molecule has 0 amide bonds. The highest BCUT2D eigenvalue weighted by Crippen LogP contribution is 2.36. The normalized spacial score (nSPS) is 12.5. The first-order chi connectivity index (χ1) is 8.33. The minimum absolute atomic E-state index is 0.630. The number of pyridine rings is 1. The molecule has 1 aliphatic rings. The van der Waals surface area contributed by atoms with Crippen molar-refractivity contribution in [3.63, 3.8) is 0 Å². The topological polar surface area (TPSA) is 48.7 Å². The molecule has 0 saturated carbocycles. The van der Waals surface area contributed by atoms with Crippen molar-refractivity contribution in [2.45, 2.75) is 12.8 Å². The molecule has 0 fully saturated rings. The Bertz CT molecular complexity index is 622. The maximum absolute atomic E-state index is 9.08. The molecule has 1 aliphatic carbocycles. The lowest BCUT2D eigenvalue weighted by Gasteiger charge is -2.17. The summed E-state index contributed by atoms with van der Waals surface area (Å²) in [5.41, 5.74) is 4.09. The number of nitrogens with one attached hydrogen (secondary N) is 1. The van der Waals surface area contributed by atoms with Crippen LogP contribution in [0.1, 0.15) is 16.0 Å². The van der Waals surface area contributed by atoms with E-state index >= 15 is 0 Å². The van der Waals surface area contributed by atoms with Crippen molar-refractivity contribution in [1.29, 1.82) is 5.26 Å². The van der Waals surface area contributed by atoms with Gasteiger partial charge in [0.05, 0.1) is 11.3 Å². The van der Waals surface area contributed by atoms with Gasteiger partial charge in [-0.25, -0.2) is 4.98 Å². The molecule has 0 aliphatic heterocycles. The van der Waals surface area contributed by atoms with Gasteiger partial charge in [0.2, 0.25) is 0 Å². The van der Waals surface area contributed by atoms with Crippen LogP contribution in [0.15, 0.2) is 17.5 Å². The maximum Gasteiger partial charge on any atom is 0.144 e. The van der Waals surface area contributed by atoms with E-state index in [0.717, 1.165) is 18.5 Å². The summed E-state index contributed by atoms with van der Waals surface area (Å²) < 4.78 is 0. The number of thiophene rings is 1. The molecule has 84 valence electrons. The Morgan fingerprint density at radius 2 is 2.35 bits per heavy atom. The monoisotopic (exact) mass is 241 g/mol. The van der Waals surface area contributed by atoms with Gasteiger partial charge in [-0.1, -0.05) is 0 Å². The zero-order valence-corrected chi connectivity index (χ0v) is 10.3. The molecule has 2 heterocycles. The van der Waals surface area contributed by atoms with E-state index < -0.39 is 0 Å². The van der Waals surface area contributed by atoms with Gasteiger partial charge in [-0.05, 0) is 35.9 Å². The van der Waals surface area contributed by atoms with Crippen LogP contribution >= 0.6 is 11.3 Å². The number of nitriles is 1. The first-order valence-corrected chi connectivity index (χ1v) is 6.40. The van der Waals surface area contributed by atoms with Gasteiger partial charge in [0.25, 0.3) is 0 Å². The van der Waals surface area contributed by atoms with Gasteiger partial charge in [0.15, 0.2) is 0 Å². The Hall–Kier alpha value is -1.86. The second-order valence-electron chi connectivity index (χ2n) is 4.01. The summed E-state index contributed by atoms with van der Waals surface area (Å²) in [5.74, 6) is 0.672. The fourth-order valence-corrected chi connectivity index (χ4v) is 3.13. The number of aryl methyl sites for hydroxylation is 2. The van der Waals surface area contributed by atoms with Crippen molar-refractivity contribution in [2.75, 3.05) is 12.4 Å². The molecule has 0 unspecified atom stereocenters. The van der Waals surface area contributed by atoms with Crippen LogP contribution in [0.2, 0.25) is 0 Å². The Morgan fingerprint density at radius 1 is 1.47 bits per heavy atom. The van der Waals surface area contributed by atoms with Gasteiger partial charge < -0.3 is 5.32 Å². The number of nitrogens with zero attached hydrogens (tertiary/aromatic N) is 2. The van der Waals surface area contributed by atoms with Crippen LogP contribution in [-0.4, -0.2) is 12.0 Å². The highest BCUT2D eigenvalue weighted by molar-refractivity contribution is 7.10. The van der Waals surface area contributed by atoms with E-state index in [4.69, 9.17) is 5.26 Å². The molecule has 1 N–H and O–H groups in total. The Morgan fingerprint density at radius 3 is 3.12 bits per heavy atom. The summed E-state index contributed by atoms with van der Waals surface area (Å²) in [6.45, 7) is 0. The lowest BCUT2D eigenvalue weighted by atomic mass is 9.94. The van der Waals surface area contributed by atoms with Crippen LogP contribution < -0.4 is 5.32 Å². The van der Waals surface area contributed by atoms with Crippen LogP contribution in [0.5, 0.6) is 0 Å². The van der Waals surface area contributed by atoms with E-state index in [1.165, 1.54) is 16.0 Å². The van der Waals surface area contributed by atoms with E-state index in [-0.39, 0.29) is 0 Å². The third-order valence-electron chi connectivity index (χ3n) is 3.08. The molecule has 3 nitrogen and oxygen atoms in total. The highest BCUT2D eigenvalue weighted by atomic mass is 32.1. The van der Waals surface area contributed by atoms with Crippen LogP contribution in [0, 0.1) is 11.3 Å². The van der Waals surface area contributed by atoms with E-state index in [2.05, 4.69) is 27.8 Å². The predicted octanol–water partition coefficient (Wildman–Crippen LogP) is 2.82. The SMILES string of the molecule is CNc1nc2c(cc1C#N)CCc1sccc1-2. The quantitative estimate of drug-likeness (QED) is 0.835. The minimum atomic E-state index is 0.630. The molecule has 0 bridgehead atoms. The molecule has 2 aromatic rings. The number of aromatic nitrogens is 1. The summed E-state index contributed by atoms with van der Waals surface area (Å²) in [6.07, 6.45) is 2.04. The summed E-state index contributed by atoms with van der Waals surface area (Å²) in [4.78, 5) is 5.99. The molecule has 2 aromatic heterocycles. The Labute approximate surface area is 104 Å². The van der Waals surface area contributed by atoms with Crippen molar-refractivity contribution < 1.29 is 0 Å². The second kappa shape index (κ2) is 3.86. The number of hydrogen-bond acceptors (Lipinski definition) is 4. The summed E-state index contributed by atoms with van der Waals surface area (Å²) >= 11 is 1.79. The molecule has 0 saturated heterocycles.